The van der Waals surface area contributed by atoms with E-state index in [1.54, 1.807) is 0 Å². The maximum atomic E-state index is 3.08. The fourth-order valence-corrected chi connectivity index (χ4v) is 1.24. The number of hydrogen-bond donors (Lipinski definition) is 0. The largest absolute Gasteiger partial charge is 0.120 e. The third kappa shape index (κ3) is 0.632. The van der Waals surface area contributed by atoms with Crippen LogP contribution in [0.5, 0.6) is 0 Å². The van der Waals surface area contributed by atoms with Gasteiger partial charge in [-0.05, 0) is 35.8 Å². The quantitative estimate of drug-likeness (QED) is 0.478. The highest BCUT2D eigenvalue weighted by Gasteiger charge is 2.01. The lowest BCUT2D eigenvalue weighted by molar-refractivity contribution is 1.44. The summed E-state index contributed by atoms with van der Waals surface area (Å²) in [4.78, 5) is 0. The van der Waals surface area contributed by atoms with E-state index in [0.29, 0.717) is 0 Å². The molecule has 2 rings (SSSR count). The third-order valence-electron chi connectivity index (χ3n) is 1.82. The van der Waals surface area contributed by atoms with Gasteiger partial charge in [0.05, 0.1) is 0 Å². The molecule has 0 aromatic heterocycles. The minimum atomic E-state index is 1.29. The molecule has 0 unspecified atom stereocenters. The highest BCUT2D eigenvalue weighted by Crippen LogP contribution is 2.20. The van der Waals surface area contributed by atoms with E-state index in [2.05, 4.69) is 30.9 Å². The zero-order valence-electron chi connectivity index (χ0n) is 5.89. The summed E-state index contributed by atoms with van der Waals surface area (Å²) in [7, 11) is 0. The van der Waals surface area contributed by atoms with E-state index in [-0.39, 0.29) is 0 Å². The Morgan fingerprint density at radius 1 is 1.20 bits per heavy atom. The van der Waals surface area contributed by atoms with Crippen LogP contribution in [-0.2, 0) is 0 Å². The lowest BCUT2D eigenvalue weighted by atomic mass is 10.1. The van der Waals surface area contributed by atoms with Crippen LogP contribution in [-0.4, -0.2) is 0 Å². The van der Waals surface area contributed by atoms with Gasteiger partial charge >= 0.3 is 0 Å². The predicted octanol–water partition coefficient (Wildman–Crippen LogP) is 2.63. The van der Waals surface area contributed by atoms with Crippen LogP contribution in [0.1, 0.15) is 16.7 Å². The average molecular weight is 128 g/mol. The summed E-state index contributed by atoms with van der Waals surface area (Å²) >= 11 is 0. The standard InChI is InChI=1S/C10H8/c1-8-4-2-5-9-6-3-7-10(8)9/h2,4-7H,1H3. The van der Waals surface area contributed by atoms with E-state index in [0.717, 1.165) is 0 Å². The number of benzene rings is 1. The van der Waals surface area contributed by atoms with Crippen molar-refractivity contribution < 1.29 is 0 Å². The van der Waals surface area contributed by atoms with Gasteiger partial charge in [-0.15, -0.1) is 5.73 Å². The predicted molar refractivity (Wildman–Crippen MR) is 43.6 cm³/mol. The maximum Gasteiger partial charge on any atom is -0.00713 e. The fraction of sp³-hybridized carbons (Fsp3) is 0.100. The summed E-state index contributed by atoms with van der Waals surface area (Å²) in [5.74, 6) is 0. The molecule has 0 heteroatoms. The van der Waals surface area contributed by atoms with Gasteiger partial charge in [0.1, 0.15) is 0 Å². The molecular formula is C10H8. The van der Waals surface area contributed by atoms with Crippen molar-refractivity contribution in [2.45, 2.75) is 6.92 Å². The van der Waals surface area contributed by atoms with Crippen LogP contribution in [0.15, 0.2) is 23.9 Å². The summed E-state index contributed by atoms with van der Waals surface area (Å²) in [5, 5.41) is 0. The SMILES string of the molecule is Cc1cccc2c1C=C=C2. The molecule has 0 amide bonds. The first kappa shape index (κ1) is 5.52. The molecular weight excluding hydrogens is 120 g/mol. The van der Waals surface area contributed by atoms with Crippen molar-refractivity contribution in [3.8, 4) is 0 Å². The molecule has 0 saturated carbocycles. The van der Waals surface area contributed by atoms with E-state index in [4.69, 9.17) is 0 Å². The number of fused-ring (bicyclic) bond motifs is 1. The number of hydrogen-bond acceptors (Lipinski definition) is 0. The highest BCUT2D eigenvalue weighted by molar-refractivity contribution is 5.74. The first-order valence-corrected chi connectivity index (χ1v) is 3.40. The van der Waals surface area contributed by atoms with Gasteiger partial charge in [0.15, 0.2) is 0 Å². The summed E-state index contributed by atoms with van der Waals surface area (Å²) in [5.41, 5.74) is 7.02. The molecule has 0 aliphatic heterocycles. The van der Waals surface area contributed by atoms with Crippen molar-refractivity contribution in [1.82, 2.24) is 0 Å². The zero-order chi connectivity index (χ0) is 6.97. The molecule has 0 spiro atoms. The smallest absolute Gasteiger partial charge is 0.00713 e. The molecule has 10 heavy (non-hydrogen) atoms. The van der Waals surface area contributed by atoms with E-state index in [1.807, 2.05) is 12.2 Å². The van der Waals surface area contributed by atoms with Gasteiger partial charge in [-0.25, -0.2) is 0 Å². The molecule has 1 aliphatic rings. The molecule has 0 saturated heterocycles. The van der Waals surface area contributed by atoms with Crippen LogP contribution < -0.4 is 0 Å². The van der Waals surface area contributed by atoms with Gasteiger partial charge < -0.3 is 0 Å². The van der Waals surface area contributed by atoms with Gasteiger partial charge in [0.25, 0.3) is 0 Å². The molecule has 0 nitrogen and oxygen atoms in total. The van der Waals surface area contributed by atoms with Gasteiger partial charge in [-0.1, -0.05) is 18.2 Å². The molecule has 0 N–H and O–H groups in total. The van der Waals surface area contributed by atoms with Gasteiger partial charge in [-0.3, -0.25) is 0 Å². The molecule has 0 fully saturated rings. The molecule has 1 aromatic rings. The Bertz CT molecular complexity index is 326. The maximum absolute atomic E-state index is 3.08. The molecule has 48 valence electrons. The number of aryl methyl sites for hydroxylation is 1. The van der Waals surface area contributed by atoms with E-state index in [9.17, 15) is 0 Å². The van der Waals surface area contributed by atoms with Crippen LogP contribution in [0.3, 0.4) is 0 Å². The Balaban J connectivity index is 2.75. The molecule has 1 aliphatic carbocycles. The van der Waals surface area contributed by atoms with Crippen molar-refractivity contribution >= 4 is 12.2 Å². The summed E-state index contributed by atoms with van der Waals surface area (Å²) < 4.78 is 0. The van der Waals surface area contributed by atoms with Crippen LogP contribution in [0.25, 0.3) is 12.2 Å². The first-order chi connectivity index (χ1) is 4.88. The molecule has 1 aromatic carbocycles. The number of rotatable bonds is 0. The second kappa shape index (κ2) is 1.86. The van der Waals surface area contributed by atoms with Crippen LogP contribution in [0.2, 0.25) is 0 Å². The van der Waals surface area contributed by atoms with Gasteiger partial charge in [0, 0.05) is 0 Å². The van der Waals surface area contributed by atoms with E-state index in [1.165, 1.54) is 16.7 Å². The zero-order valence-corrected chi connectivity index (χ0v) is 5.89. The van der Waals surface area contributed by atoms with E-state index < -0.39 is 0 Å². The normalized spacial score (nSPS) is 12.1. The van der Waals surface area contributed by atoms with Crippen LogP contribution >= 0.6 is 0 Å². The topological polar surface area (TPSA) is 0 Å². The van der Waals surface area contributed by atoms with Gasteiger partial charge in [-0.2, -0.15) is 0 Å². The van der Waals surface area contributed by atoms with Crippen molar-refractivity contribution in [3.05, 3.63) is 40.6 Å². The van der Waals surface area contributed by atoms with Crippen molar-refractivity contribution in [2.75, 3.05) is 0 Å². The molecule has 0 radical (unpaired) electrons. The second-order valence-electron chi connectivity index (χ2n) is 2.53. The Morgan fingerprint density at radius 2 is 2.10 bits per heavy atom. The summed E-state index contributed by atoms with van der Waals surface area (Å²) in [6, 6.07) is 6.31. The lowest BCUT2D eigenvalue weighted by Gasteiger charge is -1.98. The van der Waals surface area contributed by atoms with Crippen LogP contribution in [0.4, 0.5) is 0 Å². The third-order valence-corrected chi connectivity index (χ3v) is 1.82. The molecule has 0 bridgehead atoms. The average Bonchev–Trinajstić information content (AvgIpc) is 2.36. The Kier molecular flexibility index (Phi) is 1.03. The summed E-state index contributed by atoms with van der Waals surface area (Å²) in [6.45, 7) is 2.12. The minimum absolute atomic E-state index is 1.29. The molecule has 0 atom stereocenters. The van der Waals surface area contributed by atoms with Gasteiger partial charge in [0.2, 0.25) is 0 Å². The summed E-state index contributed by atoms with van der Waals surface area (Å²) in [6.07, 6.45) is 4.05. The van der Waals surface area contributed by atoms with Crippen molar-refractivity contribution in [2.24, 2.45) is 0 Å². The Morgan fingerprint density at radius 3 is 2.90 bits per heavy atom. The minimum Gasteiger partial charge on any atom is -0.120 e. The first-order valence-electron chi connectivity index (χ1n) is 3.40. The molecule has 0 heterocycles. The Labute approximate surface area is 60.5 Å². The van der Waals surface area contributed by atoms with Crippen LogP contribution in [0, 0.1) is 6.92 Å². The van der Waals surface area contributed by atoms with Crippen molar-refractivity contribution in [1.29, 1.82) is 0 Å². The van der Waals surface area contributed by atoms with Crippen molar-refractivity contribution in [3.63, 3.8) is 0 Å². The monoisotopic (exact) mass is 128 g/mol. The Hall–Kier alpha value is -1.26. The fourth-order valence-electron chi connectivity index (χ4n) is 1.24. The van der Waals surface area contributed by atoms with E-state index >= 15 is 0 Å². The lowest BCUT2D eigenvalue weighted by Crippen LogP contribution is -1.80. The highest BCUT2D eigenvalue weighted by atomic mass is 14.0. The second-order valence-corrected chi connectivity index (χ2v) is 2.53.